The van der Waals surface area contributed by atoms with Crippen LogP contribution in [0.4, 0.5) is 0 Å². The minimum atomic E-state index is -0.499. The van der Waals surface area contributed by atoms with E-state index in [-0.39, 0.29) is 23.6 Å². The van der Waals surface area contributed by atoms with E-state index < -0.39 is 5.97 Å². The van der Waals surface area contributed by atoms with E-state index in [1.54, 1.807) is 23.7 Å². The van der Waals surface area contributed by atoms with Gasteiger partial charge in [-0.15, -0.1) is 16.4 Å². The first kappa shape index (κ1) is 21.4. The van der Waals surface area contributed by atoms with Crippen molar-refractivity contribution >= 4 is 46.3 Å². The Balaban J connectivity index is 1.78. The van der Waals surface area contributed by atoms with E-state index in [0.717, 1.165) is 10.4 Å². The summed E-state index contributed by atoms with van der Waals surface area (Å²) in [4.78, 5) is 29.6. The molecule has 152 valence electrons. The molecule has 2 aromatic heterocycles. The second kappa shape index (κ2) is 9.02. The molecule has 0 aliphatic rings. The van der Waals surface area contributed by atoms with E-state index in [1.165, 1.54) is 18.4 Å². The van der Waals surface area contributed by atoms with Crippen molar-refractivity contribution in [3.05, 3.63) is 60.8 Å². The standard InChI is InChI=1S/C19H18Cl2N4O3S/c1-4-15-18(19(27)28-3)22-16(29-15)8-14(26)17-10(2)25(24-23-17)9-11-5-6-12(20)13(21)7-11/h5-7H,4,8-9H2,1-3H3. The Morgan fingerprint density at radius 2 is 1.97 bits per heavy atom. The zero-order valence-electron chi connectivity index (χ0n) is 16.0. The lowest BCUT2D eigenvalue weighted by Crippen LogP contribution is -2.09. The largest absolute Gasteiger partial charge is 0.464 e. The molecule has 0 spiro atoms. The highest BCUT2D eigenvalue weighted by molar-refractivity contribution is 7.12. The Labute approximate surface area is 181 Å². The van der Waals surface area contributed by atoms with Crippen molar-refractivity contribution in [3.63, 3.8) is 0 Å². The summed E-state index contributed by atoms with van der Waals surface area (Å²) in [6, 6.07) is 5.31. The predicted octanol–water partition coefficient (Wildman–Crippen LogP) is 4.17. The van der Waals surface area contributed by atoms with Crippen molar-refractivity contribution in [3.8, 4) is 0 Å². The summed E-state index contributed by atoms with van der Waals surface area (Å²) in [5.74, 6) is -0.712. The number of hydrogen-bond acceptors (Lipinski definition) is 7. The summed E-state index contributed by atoms with van der Waals surface area (Å²) in [7, 11) is 1.31. The summed E-state index contributed by atoms with van der Waals surface area (Å²) in [6.07, 6.45) is 0.677. The summed E-state index contributed by atoms with van der Waals surface area (Å²) >= 11 is 13.3. The van der Waals surface area contributed by atoms with E-state index in [0.29, 0.717) is 33.7 Å². The monoisotopic (exact) mass is 452 g/mol. The number of Topliss-reactive ketones (excluding diaryl/α,β-unsaturated/α-hetero) is 1. The molecule has 3 aromatic rings. The second-order valence-electron chi connectivity index (χ2n) is 6.25. The summed E-state index contributed by atoms with van der Waals surface area (Å²) in [5, 5.41) is 9.60. The van der Waals surface area contributed by atoms with Crippen molar-refractivity contribution in [1.29, 1.82) is 0 Å². The van der Waals surface area contributed by atoms with Gasteiger partial charge in [0.25, 0.3) is 0 Å². The zero-order valence-corrected chi connectivity index (χ0v) is 18.4. The average Bonchev–Trinajstić information content (AvgIpc) is 3.27. The molecule has 7 nitrogen and oxygen atoms in total. The van der Waals surface area contributed by atoms with Gasteiger partial charge in [0.15, 0.2) is 17.2 Å². The van der Waals surface area contributed by atoms with Crippen molar-refractivity contribution in [2.75, 3.05) is 7.11 Å². The van der Waals surface area contributed by atoms with Crippen LogP contribution in [0.1, 0.15) is 49.0 Å². The Bertz CT molecular complexity index is 1080. The highest BCUT2D eigenvalue weighted by Crippen LogP contribution is 2.24. The first-order valence-corrected chi connectivity index (χ1v) is 10.3. The number of rotatable bonds is 7. The quantitative estimate of drug-likeness (QED) is 0.394. The lowest BCUT2D eigenvalue weighted by Gasteiger charge is -2.05. The first-order chi connectivity index (χ1) is 13.8. The maximum Gasteiger partial charge on any atom is 0.357 e. The fourth-order valence-electron chi connectivity index (χ4n) is 2.77. The molecular formula is C19H18Cl2N4O3S. The number of thiazole rings is 1. The number of ether oxygens (including phenoxy) is 1. The van der Waals surface area contributed by atoms with E-state index >= 15 is 0 Å². The van der Waals surface area contributed by atoms with Gasteiger partial charge in [0.2, 0.25) is 0 Å². The van der Waals surface area contributed by atoms with E-state index in [1.807, 2.05) is 13.0 Å². The molecule has 0 N–H and O–H groups in total. The summed E-state index contributed by atoms with van der Waals surface area (Å²) in [6.45, 7) is 4.11. The van der Waals surface area contributed by atoms with Crippen LogP contribution in [-0.4, -0.2) is 38.8 Å². The molecule has 0 aliphatic heterocycles. The molecule has 0 fully saturated rings. The maximum absolute atomic E-state index is 12.7. The third-order valence-electron chi connectivity index (χ3n) is 4.32. The molecule has 0 saturated carbocycles. The molecule has 29 heavy (non-hydrogen) atoms. The number of hydrogen-bond donors (Lipinski definition) is 0. The summed E-state index contributed by atoms with van der Waals surface area (Å²) < 4.78 is 6.38. The number of benzene rings is 1. The van der Waals surface area contributed by atoms with Crippen molar-refractivity contribution in [1.82, 2.24) is 20.0 Å². The molecular weight excluding hydrogens is 435 g/mol. The highest BCUT2D eigenvalue weighted by atomic mass is 35.5. The molecule has 0 amide bonds. The second-order valence-corrected chi connectivity index (χ2v) is 8.24. The van der Waals surface area contributed by atoms with Crippen LogP contribution >= 0.6 is 34.5 Å². The van der Waals surface area contributed by atoms with Gasteiger partial charge < -0.3 is 4.74 Å². The number of aromatic nitrogens is 4. The molecule has 3 rings (SSSR count). The Hall–Kier alpha value is -2.29. The number of carbonyl (C=O) groups excluding carboxylic acids is 2. The number of nitrogens with zero attached hydrogens (tertiary/aromatic N) is 4. The number of halogens is 2. The van der Waals surface area contributed by atoms with Gasteiger partial charge in [-0.25, -0.2) is 14.5 Å². The zero-order chi connectivity index (χ0) is 21.1. The lowest BCUT2D eigenvalue weighted by molar-refractivity contribution is 0.0593. The highest BCUT2D eigenvalue weighted by Gasteiger charge is 2.22. The number of aryl methyl sites for hydroxylation is 1. The number of methoxy groups -OCH3 is 1. The molecule has 0 unspecified atom stereocenters. The predicted molar refractivity (Wildman–Crippen MR) is 111 cm³/mol. The number of ketones is 1. The van der Waals surface area contributed by atoms with Crippen LogP contribution in [0.3, 0.4) is 0 Å². The van der Waals surface area contributed by atoms with Gasteiger partial charge in [-0.1, -0.05) is 41.4 Å². The van der Waals surface area contributed by atoms with Gasteiger partial charge in [-0.3, -0.25) is 4.79 Å². The maximum atomic E-state index is 12.7. The van der Waals surface area contributed by atoms with E-state index in [4.69, 9.17) is 27.9 Å². The van der Waals surface area contributed by atoms with Crippen LogP contribution in [0.15, 0.2) is 18.2 Å². The van der Waals surface area contributed by atoms with Gasteiger partial charge in [-0.2, -0.15) is 0 Å². The van der Waals surface area contributed by atoms with Crippen molar-refractivity contribution in [2.24, 2.45) is 0 Å². The van der Waals surface area contributed by atoms with Crippen LogP contribution in [0.5, 0.6) is 0 Å². The van der Waals surface area contributed by atoms with Crippen LogP contribution in [0.25, 0.3) is 0 Å². The lowest BCUT2D eigenvalue weighted by atomic mass is 10.2. The third kappa shape index (κ3) is 4.66. The molecule has 1 aromatic carbocycles. The smallest absolute Gasteiger partial charge is 0.357 e. The fraction of sp³-hybridized carbons (Fsp3) is 0.316. The molecule has 0 aliphatic carbocycles. The average molecular weight is 453 g/mol. The minimum Gasteiger partial charge on any atom is -0.464 e. The van der Waals surface area contributed by atoms with Crippen LogP contribution in [0, 0.1) is 6.92 Å². The topological polar surface area (TPSA) is 87.0 Å². The fourth-order valence-corrected chi connectivity index (χ4v) is 4.09. The molecule has 10 heteroatoms. The third-order valence-corrected chi connectivity index (χ3v) is 6.26. The molecule has 0 atom stereocenters. The Kier molecular flexibility index (Phi) is 6.66. The molecule has 2 heterocycles. The number of carbonyl (C=O) groups is 2. The number of esters is 1. The van der Waals surface area contributed by atoms with Gasteiger partial charge in [0, 0.05) is 4.88 Å². The normalized spacial score (nSPS) is 10.9. The molecule has 0 saturated heterocycles. The Morgan fingerprint density at radius 3 is 2.62 bits per heavy atom. The van der Waals surface area contributed by atoms with Gasteiger partial charge >= 0.3 is 5.97 Å². The van der Waals surface area contributed by atoms with Crippen LogP contribution < -0.4 is 0 Å². The van der Waals surface area contributed by atoms with Gasteiger partial charge in [0.05, 0.1) is 35.8 Å². The minimum absolute atomic E-state index is 0.0426. The van der Waals surface area contributed by atoms with Crippen LogP contribution in [-0.2, 0) is 24.1 Å². The molecule has 0 radical (unpaired) electrons. The van der Waals surface area contributed by atoms with Crippen molar-refractivity contribution in [2.45, 2.75) is 33.2 Å². The van der Waals surface area contributed by atoms with Crippen LogP contribution in [0.2, 0.25) is 10.0 Å². The Morgan fingerprint density at radius 1 is 1.21 bits per heavy atom. The SMILES string of the molecule is CCc1sc(CC(=O)c2nnn(Cc3ccc(Cl)c(Cl)c3)c2C)nc1C(=O)OC. The van der Waals surface area contributed by atoms with Gasteiger partial charge in [-0.05, 0) is 31.0 Å². The summed E-state index contributed by atoms with van der Waals surface area (Å²) in [5.41, 5.74) is 2.07. The van der Waals surface area contributed by atoms with Gasteiger partial charge in [0.1, 0.15) is 5.01 Å². The first-order valence-electron chi connectivity index (χ1n) is 8.78. The van der Waals surface area contributed by atoms with Crippen molar-refractivity contribution < 1.29 is 14.3 Å². The molecule has 0 bridgehead atoms. The van der Waals surface area contributed by atoms with E-state index in [9.17, 15) is 9.59 Å². The van der Waals surface area contributed by atoms with E-state index in [2.05, 4.69) is 15.3 Å².